The predicted octanol–water partition coefficient (Wildman–Crippen LogP) is 2.10. The van der Waals surface area contributed by atoms with Gasteiger partial charge in [-0.2, -0.15) is 0 Å². The summed E-state index contributed by atoms with van der Waals surface area (Å²) < 4.78 is 5.82. The Morgan fingerprint density at radius 3 is 2.33 bits per heavy atom. The number of aryl methyl sites for hydroxylation is 2. The molecule has 0 spiro atoms. The summed E-state index contributed by atoms with van der Waals surface area (Å²) in [5.41, 5.74) is 2.45. The first-order valence-electron chi connectivity index (χ1n) is 10.3. The molecular weight excluding hydrogens is 340 g/mol. The van der Waals surface area contributed by atoms with E-state index < -0.39 is 0 Å². The number of carbonyl (C=O) groups is 1. The molecule has 0 aliphatic carbocycles. The standard InChI is InChI=1S/C22H34N2O3/c1-16-4-6-19(7-5-16)8-9-22(26)24-13-20(21(14-24)15-25)12-23-10-17(2)27-18(3)11-23/h4-7,17-18,20-21,25H,8-15H2,1-3H3/t17-,18+,20-,21-/m1/s1. The number of likely N-dealkylation sites (tertiary alicyclic amines) is 1. The van der Waals surface area contributed by atoms with Crippen LogP contribution in [0.15, 0.2) is 24.3 Å². The highest BCUT2D eigenvalue weighted by Gasteiger charge is 2.36. The second-order valence-corrected chi connectivity index (χ2v) is 8.46. The normalized spacial score (nSPS) is 29.3. The van der Waals surface area contributed by atoms with Crippen LogP contribution in [0.2, 0.25) is 0 Å². The number of ether oxygens (including phenoxy) is 1. The van der Waals surface area contributed by atoms with Crippen LogP contribution >= 0.6 is 0 Å². The van der Waals surface area contributed by atoms with Gasteiger partial charge in [0.1, 0.15) is 0 Å². The van der Waals surface area contributed by atoms with Gasteiger partial charge in [0.2, 0.25) is 5.91 Å². The molecule has 0 aromatic heterocycles. The molecule has 0 radical (unpaired) electrons. The van der Waals surface area contributed by atoms with Crippen molar-refractivity contribution in [3.05, 3.63) is 35.4 Å². The van der Waals surface area contributed by atoms with Gasteiger partial charge in [-0.05, 0) is 38.7 Å². The Morgan fingerprint density at radius 1 is 1.07 bits per heavy atom. The van der Waals surface area contributed by atoms with Crippen LogP contribution in [0.25, 0.3) is 0 Å². The van der Waals surface area contributed by atoms with E-state index in [9.17, 15) is 9.90 Å². The van der Waals surface area contributed by atoms with Crippen LogP contribution in [-0.4, -0.2) is 72.4 Å². The van der Waals surface area contributed by atoms with Crippen molar-refractivity contribution in [2.45, 2.75) is 45.8 Å². The molecule has 1 aromatic rings. The molecule has 5 heteroatoms. The van der Waals surface area contributed by atoms with Gasteiger partial charge in [0, 0.05) is 51.7 Å². The van der Waals surface area contributed by atoms with Crippen LogP contribution in [0.3, 0.4) is 0 Å². The maximum atomic E-state index is 12.7. The fourth-order valence-electron chi connectivity index (χ4n) is 4.49. The third kappa shape index (κ3) is 5.53. The molecule has 27 heavy (non-hydrogen) atoms. The number of amides is 1. The van der Waals surface area contributed by atoms with Crippen LogP contribution in [0.4, 0.5) is 0 Å². The molecule has 5 nitrogen and oxygen atoms in total. The summed E-state index contributed by atoms with van der Waals surface area (Å²) in [4.78, 5) is 17.1. The zero-order chi connectivity index (χ0) is 19.4. The van der Waals surface area contributed by atoms with Gasteiger partial charge in [0.25, 0.3) is 0 Å². The summed E-state index contributed by atoms with van der Waals surface area (Å²) in [6.45, 7) is 10.7. The van der Waals surface area contributed by atoms with Gasteiger partial charge in [0.15, 0.2) is 0 Å². The number of aliphatic hydroxyl groups excluding tert-OH is 1. The summed E-state index contributed by atoms with van der Waals surface area (Å²) in [5, 5.41) is 9.82. The first-order valence-corrected chi connectivity index (χ1v) is 10.3. The molecule has 2 heterocycles. The average Bonchev–Trinajstić information content (AvgIpc) is 3.03. The largest absolute Gasteiger partial charge is 0.396 e. The second-order valence-electron chi connectivity index (χ2n) is 8.46. The van der Waals surface area contributed by atoms with Gasteiger partial charge in [0.05, 0.1) is 12.2 Å². The SMILES string of the molecule is Cc1ccc(CCC(=O)N2C[C@@H](CN3C[C@@H](C)O[C@@H](C)C3)[C@@H](CO)C2)cc1. The van der Waals surface area contributed by atoms with Gasteiger partial charge in [-0.15, -0.1) is 0 Å². The van der Waals surface area contributed by atoms with E-state index in [4.69, 9.17) is 4.74 Å². The van der Waals surface area contributed by atoms with Gasteiger partial charge in [-0.25, -0.2) is 0 Å². The highest BCUT2D eigenvalue weighted by molar-refractivity contribution is 5.76. The van der Waals surface area contributed by atoms with E-state index in [1.54, 1.807) is 0 Å². The fourth-order valence-corrected chi connectivity index (χ4v) is 4.49. The van der Waals surface area contributed by atoms with Crippen LogP contribution in [0, 0.1) is 18.8 Å². The zero-order valence-corrected chi connectivity index (χ0v) is 16.9. The third-order valence-corrected chi connectivity index (χ3v) is 5.90. The van der Waals surface area contributed by atoms with Crippen molar-refractivity contribution in [2.24, 2.45) is 11.8 Å². The summed E-state index contributed by atoms with van der Waals surface area (Å²) >= 11 is 0. The number of benzene rings is 1. The number of hydrogen-bond donors (Lipinski definition) is 1. The minimum absolute atomic E-state index is 0.155. The smallest absolute Gasteiger partial charge is 0.222 e. The lowest BCUT2D eigenvalue weighted by Crippen LogP contribution is -2.48. The predicted molar refractivity (Wildman–Crippen MR) is 107 cm³/mol. The number of hydrogen-bond acceptors (Lipinski definition) is 4. The van der Waals surface area contributed by atoms with Crippen molar-refractivity contribution in [1.82, 2.24) is 9.80 Å². The van der Waals surface area contributed by atoms with E-state index >= 15 is 0 Å². The first kappa shape index (κ1) is 20.3. The van der Waals surface area contributed by atoms with Crippen LogP contribution in [0.1, 0.15) is 31.4 Å². The molecule has 1 amide bonds. The van der Waals surface area contributed by atoms with Crippen molar-refractivity contribution in [1.29, 1.82) is 0 Å². The second kappa shape index (κ2) is 9.18. The van der Waals surface area contributed by atoms with E-state index in [0.717, 1.165) is 32.6 Å². The lowest BCUT2D eigenvalue weighted by molar-refractivity contribution is -0.130. The van der Waals surface area contributed by atoms with Crippen molar-refractivity contribution in [3.63, 3.8) is 0 Å². The molecule has 2 aliphatic heterocycles. The third-order valence-electron chi connectivity index (χ3n) is 5.90. The summed E-state index contributed by atoms with van der Waals surface area (Å²) in [7, 11) is 0. The van der Waals surface area contributed by atoms with E-state index in [2.05, 4.69) is 49.9 Å². The van der Waals surface area contributed by atoms with Crippen molar-refractivity contribution >= 4 is 5.91 Å². The molecule has 2 aliphatic rings. The molecule has 4 atom stereocenters. The monoisotopic (exact) mass is 374 g/mol. The average molecular weight is 375 g/mol. The van der Waals surface area contributed by atoms with Crippen LogP contribution < -0.4 is 0 Å². The molecule has 1 N–H and O–H groups in total. The number of nitrogens with zero attached hydrogens (tertiary/aromatic N) is 2. The lowest BCUT2D eigenvalue weighted by Gasteiger charge is -2.37. The molecule has 0 bridgehead atoms. The van der Waals surface area contributed by atoms with E-state index in [1.165, 1.54) is 11.1 Å². The molecule has 0 saturated carbocycles. The summed E-state index contributed by atoms with van der Waals surface area (Å²) in [6.07, 6.45) is 1.81. The highest BCUT2D eigenvalue weighted by Crippen LogP contribution is 2.26. The minimum Gasteiger partial charge on any atom is -0.396 e. The Kier molecular flexibility index (Phi) is 6.90. The molecular formula is C22H34N2O3. The Labute approximate surface area is 163 Å². The summed E-state index contributed by atoms with van der Waals surface area (Å²) in [6, 6.07) is 8.40. The molecule has 3 rings (SSSR count). The number of morpholine rings is 1. The Morgan fingerprint density at radius 2 is 1.70 bits per heavy atom. The van der Waals surface area contributed by atoms with Crippen molar-refractivity contribution < 1.29 is 14.6 Å². The Hall–Kier alpha value is -1.43. The van der Waals surface area contributed by atoms with E-state index in [1.807, 2.05) is 4.90 Å². The Balaban J connectivity index is 1.51. The first-order chi connectivity index (χ1) is 12.9. The molecule has 2 saturated heterocycles. The number of carbonyl (C=O) groups excluding carboxylic acids is 1. The number of aliphatic hydroxyl groups is 1. The lowest BCUT2D eigenvalue weighted by atomic mass is 9.96. The van der Waals surface area contributed by atoms with Gasteiger partial charge < -0.3 is 14.7 Å². The van der Waals surface area contributed by atoms with E-state index in [-0.39, 0.29) is 30.6 Å². The van der Waals surface area contributed by atoms with Crippen molar-refractivity contribution in [3.8, 4) is 0 Å². The minimum atomic E-state index is 0.155. The maximum absolute atomic E-state index is 12.7. The zero-order valence-electron chi connectivity index (χ0n) is 16.9. The Bertz CT molecular complexity index is 608. The summed E-state index contributed by atoms with van der Waals surface area (Å²) in [5.74, 6) is 0.734. The molecule has 1 aromatic carbocycles. The maximum Gasteiger partial charge on any atom is 0.222 e. The van der Waals surface area contributed by atoms with Gasteiger partial charge in [-0.1, -0.05) is 29.8 Å². The fraction of sp³-hybridized carbons (Fsp3) is 0.682. The molecule has 2 fully saturated rings. The highest BCUT2D eigenvalue weighted by atomic mass is 16.5. The van der Waals surface area contributed by atoms with Gasteiger partial charge >= 0.3 is 0 Å². The quantitative estimate of drug-likeness (QED) is 0.829. The van der Waals surface area contributed by atoms with E-state index in [0.29, 0.717) is 18.9 Å². The topological polar surface area (TPSA) is 53.0 Å². The van der Waals surface area contributed by atoms with Gasteiger partial charge in [-0.3, -0.25) is 9.69 Å². The van der Waals surface area contributed by atoms with Crippen LogP contribution in [-0.2, 0) is 16.0 Å². The van der Waals surface area contributed by atoms with Crippen molar-refractivity contribution in [2.75, 3.05) is 39.3 Å². The number of rotatable bonds is 6. The molecule has 0 unspecified atom stereocenters. The van der Waals surface area contributed by atoms with Crippen LogP contribution in [0.5, 0.6) is 0 Å². The molecule has 150 valence electrons.